The Hall–Kier alpha value is -2.81. The van der Waals surface area contributed by atoms with Crippen LogP contribution in [-0.4, -0.2) is 59.9 Å². The Bertz CT molecular complexity index is 1340. The van der Waals surface area contributed by atoms with E-state index < -0.39 is 40.9 Å². The fourth-order valence-electron chi connectivity index (χ4n) is 8.36. The van der Waals surface area contributed by atoms with Crippen molar-refractivity contribution in [2.75, 3.05) is 13.7 Å². The molecule has 0 unspecified atom stereocenters. The number of fused-ring (bicyclic) bond motifs is 5. The second-order valence-electron chi connectivity index (χ2n) is 13.3. The zero-order chi connectivity index (χ0) is 28.8. The van der Waals surface area contributed by atoms with Crippen molar-refractivity contribution in [3.8, 4) is 0 Å². The maximum absolute atomic E-state index is 14.8. The van der Waals surface area contributed by atoms with Gasteiger partial charge in [-0.2, -0.15) is 0 Å². The van der Waals surface area contributed by atoms with E-state index in [9.17, 15) is 14.7 Å². The van der Waals surface area contributed by atoms with Gasteiger partial charge in [-0.05, 0) is 61.5 Å². The van der Waals surface area contributed by atoms with Crippen molar-refractivity contribution in [3.63, 3.8) is 0 Å². The number of benzene rings is 1. The summed E-state index contributed by atoms with van der Waals surface area (Å²) in [6.07, 6.45) is 2.58. The number of Topliss-reactive ketones (excluding diaryl/α,β-unsaturated/α-hetero) is 1. The van der Waals surface area contributed by atoms with Gasteiger partial charge in [0.1, 0.15) is 13.2 Å². The number of carbonyl (C=O) groups is 2. The summed E-state index contributed by atoms with van der Waals surface area (Å²) < 4.78 is 18.7. The van der Waals surface area contributed by atoms with Crippen molar-refractivity contribution in [1.82, 2.24) is 0 Å². The molecule has 8 nitrogen and oxygen atoms in total. The Morgan fingerprint density at radius 2 is 1.85 bits per heavy atom. The van der Waals surface area contributed by atoms with Crippen LogP contribution < -0.4 is 0 Å². The van der Waals surface area contributed by atoms with E-state index in [4.69, 9.17) is 19.0 Å². The highest BCUT2D eigenvalue weighted by atomic mass is 16.7. The van der Waals surface area contributed by atoms with E-state index >= 15 is 0 Å². The Kier molecular flexibility index (Phi) is 6.05. The number of hydrogen-bond acceptors (Lipinski definition) is 8. The minimum Gasteiger partial charge on any atom is -0.450 e. The monoisotopic (exact) mass is 549 g/mol. The first-order valence-electron chi connectivity index (χ1n) is 14.2. The molecular weight excluding hydrogens is 510 g/mol. The summed E-state index contributed by atoms with van der Waals surface area (Å²) in [5.74, 6) is -1.89. The summed E-state index contributed by atoms with van der Waals surface area (Å²) in [7, 11) is 1.36. The molecule has 6 rings (SSSR count). The third-order valence-electron chi connectivity index (χ3n) is 10.3. The van der Waals surface area contributed by atoms with E-state index in [-0.39, 0.29) is 35.4 Å². The zero-order valence-electron chi connectivity index (χ0n) is 24.3. The Labute approximate surface area is 235 Å². The van der Waals surface area contributed by atoms with Gasteiger partial charge < -0.3 is 24.2 Å². The molecule has 1 aromatic rings. The fourth-order valence-corrected chi connectivity index (χ4v) is 8.36. The number of ketones is 1. The Morgan fingerprint density at radius 3 is 2.52 bits per heavy atom. The molecule has 1 heterocycles. The maximum Gasteiger partial charge on any atom is 0.361 e. The van der Waals surface area contributed by atoms with Gasteiger partial charge in [-0.1, -0.05) is 68.4 Å². The molecule has 8 atom stereocenters. The van der Waals surface area contributed by atoms with Crippen LogP contribution in [0.4, 0.5) is 0 Å². The number of esters is 1. The van der Waals surface area contributed by atoms with Gasteiger partial charge >= 0.3 is 5.97 Å². The number of oxime groups is 1. The first-order chi connectivity index (χ1) is 18.8. The molecule has 0 radical (unpaired) electrons. The number of nitrogens with zero attached hydrogens (tertiary/aromatic N) is 1. The van der Waals surface area contributed by atoms with Gasteiger partial charge in [0.2, 0.25) is 0 Å². The maximum atomic E-state index is 14.8. The smallest absolute Gasteiger partial charge is 0.361 e. The summed E-state index contributed by atoms with van der Waals surface area (Å²) in [5, 5.41) is 17.1. The molecule has 5 aliphatic rings. The molecule has 1 spiro atoms. The molecular formula is C32H39NO7. The average Bonchev–Trinajstić information content (AvgIpc) is 3.40. The third kappa shape index (κ3) is 3.58. The fraction of sp³-hybridized carbons (Fsp3) is 0.594. The summed E-state index contributed by atoms with van der Waals surface area (Å²) in [4.78, 5) is 33.5. The van der Waals surface area contributed by atoms with Gasteiger partial charge in [0, 0.05) is 11.5 Å². The van der Waals surface area contributed by atoms with Crippen LogP contribution in [0.25, 0.3) is 0 Å². The van der Waals surface area contributed by atoms with E-state index in [0.29, 0.717) is 17.1 Å². The van der Waals surface area contributed by atoms with Gasteiger partial charge in [-0.3, -0.25) is 4.79 Å². The lowest BCUT2D eigenvalue weighted by atomic mass is 9.59. The first kappa shape index (κ1) is 27.4. The van der Waals surface area contributed by atoms with Crippen LogP contribution in [0.1, 0.15) is 53.5 Å². The molecule has 1 aromatic carbocycles. The van der Waals surface area contributed by atoms with E-state index in [1.54, 1.807) is 38.1 Å². The molecule has 4 aliphatic carbocycles. The molecule has 1 saturated heterocycles. The summed E-state index contributed by atoms with van der Waals surface area (Å²) in [6.45, 7) is 12.1. The molecule has 40 heavy (non-hydrogen) atoms. The second kappa shape index (κ2) is 8.84. The molecule has 1 aliphatic heterocycles. The van der Waals surface area contributed by atoms with Crippen molar-refractivity contribution >= 4 is 17.5 Å². The highest BCUT2D eigenvalue weighted by molar-refractivity contribution is 6.43. The van der Waals surface area contributed by atoms with Crippen molar-refractivity contribution in [1.29, 1.82) is 0 Å². The van der Waals surface area contributed by atoms with Crippen LogP contribution in [0.5, 0.6) is 0 Å². The van der Waals surface area contributed by atoms with Crippen molar-refractivity contribution in [2.45, 2.75) is 71.6 Å². The van der Waals surface area contributed by atoms with E-state index in [1.807, 2.05) is 32.1 Å². The van der Waals surface area contributed by atoms with Crippen LogP contribution in [0.3, 0.4) is 0 Å². The summed E-state index contributed by atoms with van der Waals surface area (Å²) >= 11 is 0. The highest BCUT2D eigenvalue weighted by Gasteiger charge is 2.77. The molecule has 8 heteroatoms. The van der Waals surface area contributed by atoms with Gasteiger partial charge in [-0.25, -0.2) is 4.79 Å². The van der Waals surface area contributed by atoms with Crippen molar-refractivity contribution in [3.05, 3.63) is 59.2 Å². The SMILES string of the molecule is CO/N=C(/C(=O)O[C@H]1C(C)=C[C@]23C(=O)[C@@H](C=C4COC(C)(C)O[C@H]4[C@]12O)[C@H]1[C@@H](C[C@H]3C)C1(C)C)c1ccccc1. The van der Waals surface area contributed by atoms with Crippen LogP contribution in [0.2, 0.25) is 0 Å². The van der Waals surface area contributed by atoms with Gasteiger partial charge in [-0.15, -0.1) is 0 Å². The first-order valence-corrected chi connectivity index (χ1v) is 14.2. The second-order valence-corrected chi connectivity index (χ2v) is 13.3. The lowest BCUT2D eigenvalue weighted by molar-refractivity contribution is -0.303. The number of hydrogen-bond donors (Lipinski definition) is 1. The average molecular weight is 550 g/mol. The predicted octanol–water partition coefficient (Wildman–Crippen LogP) is 4.22. The number of aliphatic hydroxyl groups is 1. The van der Waals surface area contributed by atoms with Crippen molar-refractivity contribution in [2.24, 2.45) is 39.7 Å². The van der Waals surface area contributed by atoms with E-state index in [1.165, 1.54) is 7.11 Å². The van der Waals surface area contributed by atoms with E-state index in [2.05, 4.69) is 19.0 Å². The van der Waals surface area contributed by atoms with Gasteiger partial charge in [0.05, 0.1) is 12.0 Å². The zero-order valence-corrected chi connectivity index (χ0v) is 24.3. The molecule has 1 N–H and O–H groups in total. The minimum atomic E-state index is -1.89. The third-order valence-corrected chi connectivity index (χ3v) is 10.3. The van der Waals surface area contributed by atoms with Crippen LogP contribution in [0, 0.1) is 34.5 Å². The normalized spacial score (nSPS) is 40.8. The predicted molar refractivity (Wildman–Crippen MR) is 147 cm³/mol. The molecule has 0 amide bonds. The van der Waals surface area contributed by atoms with Crippen LogP contribution in [0.15, 0.2) is 58.8 Å². The molecule has 0 aromatic heterocycles. The minimum absolute atomic E-state index is 0.0191. The number of allylic oxidation sites excluding steroid dienone is 1. The number of carbonyl (C=O) groups excluding carboxylic acids is 2. The highest BCUT2D eigenvalue weighted by Crippen LogP contribution is 2.72. The van der Waals surface area contributed by atoms with Crippen LogP contribution >= 0.6 is 0 Å². The van der Waals surface area contributed by atoms with Crippen LogP contribution in [-0.2, 0) is 28.6 Å². The summed E-state index contributed by atoms with van der Waals surface area (Å²) in [6, 6.07) is 8.88. The molecule has 214 valence electrons. The largest absolute Gasteiger partial charge is 0.450 e. The number of rotatable bonds is 4. The topological polar surface area (TPSA) is 104 Å². The van der Waals surface area contributed by atoms with E-state index in [0.717, 1.165) is 12.0 Å². The Morgan fingerprint density at radius 1 is 1.15 bits per heavy atom. The lowest BCUT2D eigenvalue weighted by Gasteiger charge is -2.52. The quantitative estimate of drug-likeness (QED) is 0.260. The van der Waals surface area contributed by atoms with Crippen molar-refractivity contribution < 1.29 is 33.7 Å². The van der Waals surface area contributed by atoms with Gasteiger partial charge in [0.15, 0.2) is 29.0 Å². The standard InChI is InChI=1S/C32H39NO7/c1-17-15-31-18(2)13-22-23(29(22,3)4)21(25(31)34)14-20-16-38-30(5,6)40-27(20)32(31,36)26(17)39-28(35)24(33-37-7)19-11-9-8-10-12-19/h8-12,14-15,18,21-23,26-27,36H,13,16H2,1-7H3/b33-24+/t18-,21+,22-,23+,26+,27-,31+,32-/m1/s1. The molecule has 3 fully saturated rings. The molecule has 2 bridgehead atoms. The van der Waals surface area contributed by atoms with Gasteiger partial charge in [0.25, 0.3) is 0 Å². The Balaban J connectivity index is 1.49. The lowest BCUT2D eigenvalue weighted by Crippen LogP contribution is -2.68. The summed E-state index contributed by atoms with van der Waals surface area (Å²) in [5.41, 5.74) is -1.36. The molecule has 2 saturated carbocycles. The number of ether oxygens (including phenoxy) is 3.